The molecule has 1 aliphatic rings. The number of nitrogens with zero attached hydrogens (tertiary/aromatic N) is 2. The quantitative estimate of drug-likeness (QED) is 0.844. The first-order valence-corrected chi connectivity index (χ1v) is 9.73. The van der Waals surface area contributed by atoms with Gasteiger partial charge in [-0.05, 0) is 56.3 Å². The van der Waals surface area contributed by atoms with Gasteiger partial charge in [-0.3, -0.25) is 4.79 Å². The summed E-state index contributed by atoms with van der Waals surface area (Å²) < 4.78 is 5.57. The first kappa shape index (κ1) is 19.2. The Hall–Kier alpha value is -2.53. The number of hydrogen-bond acceptors (Lipinski definition) is 4. The number of amides is 1. The Kier molecular flexibility index (Phi) is 6.35. The summed E-state index contributed by atoms with van der Waals surface area (Å²) in [4.78, 5) is 17.6. The summed E-state index contributed by atoms with van der Waals surface area (Å²) in [5, 5.41) is 3.03. The third-order valence-corrected chi connectivity index (χ3v) is 5.07. The molecule has 1 amide bonds. The van der Waals surface area contributed by atoms with Crippen molar-refractivity contribution in [2.24, 2.45) is 0 Å². The Morgan fingerprint density at radius 1 is 1.07 bits per heavy atom. The Balaban J connectivity index is 1.70. The Labute approximate surface area is 161 Å². The van der Waals surface area contributed by atoms with Crippen molar-refractivity contribution in [1.29, 1.82) is 0 Å². The number of carbonyl (C=O) groups excluding carboxylic acids is 1. The molecule has 0 saturated carbocycles. The highest BCUT2D eigenvalue weighted by atomic mass is 16.5. The predicted octanol–water partition coefficient (Wildman–Crippen LogP) is 3.79. The van der Waals surface area contributed by atoms with Crippen LogP contribution >= 0.6 is 0 Å². The van der Waals surface area contributed by atoms with E-state index < -0.39 is 0 Å². The molecule has 0 atom stereocenters. The number of aryl methyl sites for hydroxylation is 1. The highest BCUT2D eigenvalue weighted by Crippen LogP contribution is 2.25. The number of ether oxygens (including phenoxy) is 1. The van der Waals surface area contributed by atoms with Gasteiger partial charge >= 0.3 is 0 Å². The van der Waals surface area contributed by atoms with E-state index in [1.807, 2.05) is 38.1 Å². The molecule has 0 unspecified atom stereocenters. The van der Waals surface area contributed by atoms with Gasteiger partial charge in [0, 0.05) is 37.6 Å². The van der Waals surface area contributed by atoms with Gasteiger partial charge in [-0.15, -0.1) is 0 Å². The maximum absolute atomic E-state index is 12.7. The maximum Gasteiger partial charge on any atom is 0.259 e. The van der Waals surface area contributed by atoms with Gasteiger partial charge < -0.3 is 19.9 Å². The third kappa shape index (κ3) is 4.61. The van der Waals surface area contributed by atoms with Crippen LogP contribution in [0, 0.1) is 6.92 Å². The smallest absolute Gasteiger partial charge is 0.259 e. The number of anilines is 2. The number of likely N-dealkylation sites (N-methyl/N-ethyl adjacent to an activating group) is 1. The van der Waals surface area contributed by atoms with Gasteiger partial charge in [0.15, 0.2) is 0 Å². The van der Waals surface area contributed by atoms with E-state index in [4.69, 9.17) is 4.74 Å². The fourth-order valence-corrected chi connectivity index (χ4v) is 3.43. The summed E-state index contributed by atoms with van der Waals surface area (Å²) >= 11 is 0. The van der Waals surface area contributed by atoms with E-state index in [0.29, 0.717) is 17.9 Å². The molecule has 1 N–H and O–H groups in total. The molecule has 5 nitrogen and oxygen atoms in total. The normalized spacial score (nSPS) is 14.9. The van der Waals surface area contributed by atoms with Crippen molar-refractivity contribution in [1.82, 2.24) is 4.90 Å². The summed E-state index contributed by atoms with van der Waals surface area (Å²) in [7, 11) is 0. The van der Waals surface area contributed by atoms with Crippen LogP contribution in [-0.2, 0) is 0 Å². The molecular formula is C22H29N3O2. The van der Waals surface area contributed by atoms with Crippen LogP contribution < -0.4 is 15.0 Å². The average molecular weight is 367 g/mol. The average Bonchev–Trinajstić information content (AvgIpc) is 2.70. The number of carbonyl (C=O) groups is 1. The zero-order valence-electron chi connectivity index (χ0n) is 16.5. The lowest BCUT2D eigenvalue weighted by atomic mass is 10.1. The van der Waals surface area contributed by atoms with Crippen LogP contribution in [0.1, 0.15) is 29.8 Å². The number of nitrogens with one attached hydrogen (secondary N) is 1. The molecule has 1 saturated heterocycles. The summed E-state index contributed by atoms with van der Waals surface area (Å²) in [6, 6.07) is 13.6. The van der Waals surface area contributed by atoms with E-state index in [2.05, 4.69) is 34.2 Å². The van der Waals surface area contributed by atoms with Crippen LogP contribution in [0.2, 0.25) is 0 Å². The zero-order chi connectivity index (χ0) is 19.2. The van der Waals surface area contributed by atoms with E-state index in [9.17, 15) is 4.79 Å². The maximum atomic E-state index is 12.7. The molecule has 0 spiro atoms. The predicted molar refractivity (Wildman–Crippen MR) is 111 cm³/mol. The highest BCUT2D eigenvalue weighted by Gasteiger charge is 2.17. The Bertz CT molecular complexity index is 783. The van der Waals surface area contributed by atoms with Crippen molar-refractivity contribution in [3.8, 4) is 5.75 Å². The molecule has 2 aromatic carbocycles. The van der Waals surface area contributed by atoms with Crippen molar-refractivity contribution in [3.63, 3.8) is 0 Å². The molecule has 2 aromatic rings. The minimum absolute atomic E-state index is 0.147. The fraction of sp³-hybridized carbons (Fsp3) is 0.409. The first-order valence-electron chi connectivity index (χ1n) is 9.73. The van der Waals surface area contributed by atoms with Gasteiger partial charge in [0.05, 0.1) is 12.2 Å². The van der Waals surface area contributed by atoms with Crippen LogP contribution in [0.15, 0.2) is 42.5 Å². The molecule has 1 fully saturated rings. The number of benzene rings is 2. The molecule has 1 heterocycles. The minimum atomic E-state index is -0.147. The lowest BCUT2D eigenvalue weighted by Gasteiger charge is -2.35. The second-order valence-electron chi connectivity index (χ2n) is 6.80. The van der Waals surface area contributed by atoms with Crippen LogP contribution in [0.25, 0.3) is 0 Å². The fourth-order valence-electron chi connectivity index (χ4n) is 3.43. The van der Waals surface area contributed by atoms with E-state index in [1.54, 1.807) is 6.07 Å². The Morgan fingerprint density at radius 3 is 2.48 bits per heavy atom. The molecular weight excluding hydrogens is 338 g/mol. The molecule has 1 aliphatic heterocycles. The van der Waals surface area contributed by atoms with Crippen molar-refractivity contribution in [2.45, 2.75) is 20.8 Å². The summed E-state index contributed by atoms with van der Waals surface area (Å²) in [6.45, 7) is 12.1. The van der Waals surface area contributed by atoms with Crippen LogP contribution in [0.5, 0.6) is 5.75 Å². The molecule has 27 heavy (non-hydrogen) atoms. The van der Waals surface area contributed by atoms with E-state index in [0.717, 1.165) is 44.0 Å². The molecule has 0 bridgehead atoms. The standard InChI is InChI=1S/C22H29N3O2/c1-4-24-12-14-25(15-13-24)18-10-11-20(17(3)16-18)23-22(26)19-8-6-7-9-21(19)27-5-2/h6-11,16H,4-5,12-15H2,1-3H3,(H,23,26). The summed E-state index contributed by atoms with van der Waals surface area (Å²) in [6.07, 6.45) is 0. The number of para-hydroxylation sites is 1. The van der Waals surface area contributed by atoms with Gasteiger partial charge in [-0.1, -0.05) is 19.1 Å². The van der Waals surface area contributed by atoms with Crippen LogP contribution in [0.4, 0.5) is 11.4 Å². The van der Waals surface area contributed by atoms with Gasteiger partial charge in [0.2, 0.25) is 0 Å². The number of piperazine rings is 1. The second-order valence-corrected chi connectivity index (χ2v) is 6.80. The van der Waals surface area contributed by atoms with Gasteiger partial charge in [0.25, 0.3) is 5.91 Å². The largest absolute Gasteiger partial charge is 0.493 e. The molecule has 5 heteroatoms. The van der Waals surface area contributed by atoms with Crippen LogP contribution in [0.3, 0.4) is 0 Å². The zero-order valence-corrected chi connectivity index (χ0v) is 16.5. The van der Waals surface area contributed by atoms with Crippen molar-refractivity contribution in [2.75, 3.05) is 49.5 Å². The highest BCUT2D eigenvalue weighted by molar-refractivity contribution is 6.06. The lowest BCUT2D eigenvalue weighted by Crippen LogP contribution is -2.46. The minimum Gasteiger partial charge on any atom is -0.493 e. The van der Waals surface area contributed by atoms with Gasteiger partial charge in [0.1, 0.15) is 5.75 Å². The number of hydrogen-bond donors (Lipinski definition) is 1. The van der Waals surface area contributed by atoms with Crippen molar-refractivity contribution < 1.29 is 9.53 Å². The third-order valence-electron chi connectivity index (χ3n) is 5.07. The van der Waals surface area contributed by atoms with Crippen molar-refractivity contribution in [3.05, 3.63) is 53.6 Å². The molecule has 3 rings (SSSR count). The van der Waals surface area contributed by atoms with E-state index >= 15 is 0 Å². The molecule has 144 valence electrons. The Morgan fingerprint density at radius 2 is 1.81 bits per heavy atom. The van der Waals surface area contributed by atoms with E-state index in [-0.39, 0.29) is 5.91 Å². The van der Waals surface area contributed by atoms with E-state index in [1.165, 1.54) is 5.69 Å². The van der Waals surface area contributed by atoms with Crippen molar-refractivity contribution >= 4 is 17.3 Å². The number of rotatable bonds is 6. The monoisotopic (exact) mass is 367 g/mol. The topological polar surface area (TPSA) is 44.8 Å². The lowest BCUT2D eigenvalue weighted by molar-refractivity contribution is 0.102. The first-order chi connectivity index (χ1) is 13.1. The SMILES string of the molecule is CCOc1ccccc1C(=O)Nc1ccc(N2CCN(CC)CC2)cc1C. The van der Waals surface area contributed by atoms with Crippen LogP contribution in [-0.4, -0.2) is 50.1 Å². The molecule has 0 aliphatic carbocycles. The van der Waals surface area contributed by atoms with Gasteiger partial charge in [-0.2, -0.15) is 0 Å². The molecule has 0 aromatic heterocycles. The summed E-state index contributed by atoms with van der Waals surface area (Å²) in [5.74, 6) is 0.465. The second kappa shape index (κ2) is 8.91. The van der Waals surface area contributed by atoms with Gasteiger partial charge in [-0.25, -0.2) is 0 Å². The molecule has 0 radical (unpaired) electrons. The summed E-state index contributed by atoms with van der Waals surface area (Å²) in [5.41, 5.74) is 3.67.